The molecule has 3 aromatic rings. The first-order chi connectivity index (χ1) is 13.9. The third kappa shape index (κ3) is 4.17. The van der Waals surface area contributed by atoms with Gasteiger partial charge in [-0.2, -0.15) is 0 Å². The zero-order valence-corrected chi connectivity index (χ0v) is 19.5. The van der Waals surface area contributed by atoms with Crippen molar-refractivity contribution >= 4 is 33.3 Å². The Morgan fingerprint density at radius 2 is 2.00 bits per heavy atom. The predicted octanol–water partition coefficient (Wildman–Crippen LogP) is 6.16. The maximum atomic E-state index is 13.6. The second kappa shape index (κ2) is 8.27. The minimum Gasteiger partial charge on any atom is -0.283 e. The first-order valence-electron chi connectivity index (χ1n) is 10.6. The molecule has 0 saturated carbocycles. The van der Waals surface area contributed by atoms with Crippen LogP contribution in [0.1, 0.15) is 56.5 Å². The van der Waals surface area contributed by atoms with Gasteiger partial charge in [-0.1, -0.05) is 69.8 Å². The van der Waals surface area contributed by atoms with Crippen molar-refractivity contribution in [1.29, 1.82) is 0 Å². The van der Waals surface area contributed by atoms with Gasteiger partial charge < -0.3 is 0 Å². The van der Waals surface area contributed by atoms with Gasteiger partial charge in [-0.05, 0) is 48.1 Å². The highest BCUT2D eigenvalue weighted by Gasteiger charge is 2.32. The van der Waals surface area contributed by atoms with Crippen molar-refractivity contribution in [1.82, 2.24) is 9.55 Å². The van der Waals surface area contributed by atoms with E-state index in [1.807, 2.05) is 22.8 Å². The summed E-state index contributed by atoms with van der Waals surface area (Å²) in [5, 5.41) is 1.74. The number of aryl methyl sites for hydroxylation is 1. The standard InChI is InChI=1S/C24H30N2OS2/c1-5-13-28-23-25-21-20(22(27)26(23)15-16-9-7-6-8-10-16)18-12-11-17(24(2,3)4)14-19(18)29-21/h6-10,17H,5,11-15H2,1-4H3. The predicted molar refractivity (Wildman–Crippen MR) is 125 cm³/mol. The molecule has 1 unspecified atom stereocenters. The van der Waals surface area contributed by atoms with E-state index in [9.17, 15) is 4.79 Å². The average Bonchev–Trinajstić information content (AvgIpc) is 3.06. The van der Waals surface area contributed by atoms with Crippen LogP contribution in [0.25, 0.3) is 10.2 Å². The Morgan fingerprint density at radius 1 is 1.24 bits per heavy atom. The summed E-state index contributed by atoms with van der Waals surface area (Å²) in [6.07, 6.45) is 4.31. The Hall–Kier alpha value is -1.59. The molecule has 0 spiro atoms. The number of rotatable bonds is 5. The lowest BCUT2D eigenvalue weighted by Crippen LogP contribution is -2.27. The molecule has 0 saturated heterocycles. The van der Waals surface area contributed by atoms with E-state index in [0.29, 0.717) is 17.9 Å². The van der Waals surface area contributed by atoms with Crippen molar-refractivity contribution in [2.24, 2.45) is 11.3 Å². The maximum absolute atomic E-state index is 13.6. The summed E-state index contributed by atoms with van der Waals surface area (Å²) in [4.78, 5) is 21.0. The van der Waals surface area contributed by atoms with Crippen molar-refractivity contribution in [2.45, 2.75) is 65.1 Å². The smallest absolute Gasteiger partial charge is 0.263 e. The zero-order valence-electron chi connectivity index (χ0n) is 17.8. The lowest BCUT2D eigenvalue weighted by molar-refractivity contribution is 0.218. The van der Waals surface area contributed by atoms with Crippen molar-refractivity contribution in [3.05, 3.63) is 56.7 Å². The van der Waals surface area contributed by atoms with E-state index < -0.39 is 0 Å². The van der Waals surface area contributed by atoms with Crippen LogP contribution in [0.4, 0.5) is 0 Å². The number of benzene rings is 1. The molecular weight excluding hydrogens is 396 g/mol. The summed E-state index contributed by atoms with van der Waals surface area (Å²) < 4.78 is 1.90. The van der Waals surface area contributed by atoms with Gasteiger partial charge >= 0.3 is 0 Å². The molecule has 1 aliphatic rings. The van der Waals surface area contributed by atoms with Crippen LogP contribution in [0.2, 0.25) is 0 Å². The molecule has 154 valence electrons. The molecule has 4 rings (SSSR count). The summed E-state index contributed by atoms with van der Waals surface area (Å²) in [6, 6.07) is 10.2. The molecular formula is C24H30N2OS2. The third-order valence-corrected chi connectivity index (χ3v) is 8.31. The van der Waals surface area contributed by atoms with Gasteiger partial charge in [-0.15, -0.1) is 11.3 Å². The van der Waals surface area contributed by atoms with Gasteiger partial charge in [0, 0.05) is 10.6 Å². The summed E-state index contributed by atoms with van der Waals surface area (Å²) in [6.45, 7) is 9.76. The van der Waals surface area contributed by atoms with Crippen molar-refractivity contribution in [2.75, 3.05) is 5.75 Å². The van der Waals surface area contributed by atoms with E-state index >= 15 is 0 Å². The highest BCUT2D eigenvalue weighted by molar-refractivity contribution is 7.99. The Balaban J connectivity index is 1.82. The molecule has 0 radical (unpaired) electrons. The Morgan fingerprint density at radius 3 is 2.69 bits per heavy atom. The normalized spacial score (nSPS) is 16.9. The van der Waals surface area contributed by atoms with Crippen LogP contribution in [0.3, 0.4) is 0 Å². The number of aromatic nitrogens is 2. The van der Waals surface area contributed by atoms with E-state index in [1.54, 1.807) is 23.1 Å². The van der Waals surface area contributed by atoms with E-state index in [-0.39, 0.29) is 5.56 Å². The monoisotopic (exact) mass is 426 g/mol. The SMILES string of the molecule is CCCSc1nc2sc3c(c2c(=O)n1Cc1ccccc1)CCC(C(C)(C)C)C3. The number of hydrogen-bond acceptors (Lipinski definition) is 4. The first kappa shape index (κ1) is 20.7. The van der Waals surface area contributed by atoms with Crippen LogP contribution < -0.4 is 5.56 Å². The van der Waals surface area contributed by atoms with Crippen molar-refractivity contribution < 1.29 is 0 Å². The zero-order chi connectivity index (χ0) is 20.6. The number of thioether (sulfide) groups is 1. The molecule has 0 fully saturated rings. The Labute approximate surface area is 181 Å². The molecule has 0 amide bonds. The maximum Gasteiger partial charge on any atom is 0.263 e. The van der Waals surface area contributed by atoms with Crippen LogP contribution in [-0.4, -0.2) is 15.3 Å². The molecule has 1 atom stereocenters. The lowest BCUT2D eigenvalue weighted by atomic mass is 9.72. The average molecular weight is 427 g/mol. The number of hydrogen-bond donors (Lipinski definition) is 0. The van der Waals surface area contributed by atoms with Gasteiger partial charge in [-0.25, -0.2) is 4.98 Å². The van der Waals surface area contributed by atoms with Gasteiger partial charge in [-0.3, -0.25) is 9.36 Å². The molecule has 5 heteroatoms. The number of fused-ring (bicyclic) bond motifs is 3. The highest BCUT2D eigenvalue weighted by Crippen LogP contribution is 2.42. The second-order valence-electron chi connectivity index (χ2n) is 9.11. The summed E-state index contributed by atoms with van der Waals surface area (Å²) in [5.74, 6) is 1.65. The molecule has 2 aromatic heterocycles. The summed E-state index contributed by atoms with van der Waals surface area (Å²) in [7, 11) is 0. The quantitative estimate of drug-likeness (QED) is 0.362. The van der Waals surface area contributed by atoms with Gasteiger partial charge in [0.25, 0.3) is 5.56 Å². The molecule has 1 aliphatic carbocycles. The van der Waals surface area contributed by atoms with Gasteiger partial charge in [0.05, 0.1) is 11.9 Å². The van der Waals surface area contributed by atoms with E-state index in [4.69, 9.17) is 4.98 Å². The minimum absolute atomic E-state index is 0.143. The Bertz CT molecular complexity index is 1060. The topological polar surface area (TPSA) is 34.9 Å². The fourth-order valence-electron chi connectivity index (χ4n) is 4.19. The molecule has 1 aromatic carbocycles. The van der Waals surface area contributed by atoms with Crippen molar-refractivity contribution in [3.63, 3.8) is 0 Å². The van der Waals surface area contributed by atoms with Gasteiger partial charge in [0.1, 0.15) is 4.83 Å². The first-order valence-corrected chi connectivity index (χ1v) is 12.4. The van der Waals surface area contributed by atoms with Crippen molar-refractivity contribution in [3.8, 4) is 0 Å². The molecule has 0 aliphatic heterocycles. The van der Waals surface area contributed by atoms with Crippen LogP contribution in [0.15, 0.2) is 40.3 Å². The largest absolute Gasteiger partial charge is 0.283 e. The molecule has 2 heterocycles. The lowest BCUT2D eigenvalue weighted by Gasteiger charge is -2.33. The fourth-order valence-corrected chi connectivity index (χ4v) is 6.38. The number of thiophene rings is 1. The summed E-state index contributed by atoms with van der Waals surface area (Å²) in [5.41, 5.74) is 2.86. The van der Waals surface area contributed by atoms with Crippen LogP contribution in [0.5, 0.6) is 0 Å². The Kier molecular flexibility index (Phi) is 5.90. The van der Waals surface area contributed by atoms with Crippen LogP contribution >= 0.6 is 23.1 Å². The van der Waals surface area contributed by atoms with Crippen LogP contribution in [-0.2, 0) is 19.4 Å². The third-order valence-electron chi connectivity index (χ3n) is 5.98. The fraction of sp³-hybridized carbons (Fsp3) is 0.500. The van der Waals surface area contributed by atoms with Gasteiger partial charge in [0.15, 0.2) is 5.16 Å². The highest BCUT2D eigenvalue weighted by atomic mass is 32.2. The van der Waals surface area contributed by atoms with E-state index in [1.165, 1.54) is 10.4 Å². The molecule has 29 heavy (non-hydrogen) atoms. The number of nitrogens with zero attached hydrogens (tertiary/aromatic N) is 2. The molecule has 0 bridgehead atoms. The van der Waals surface area contributed by atoms with E-state index in [2.05, 4.69) is 39.8 Å². The second-order valence-corrected chi connectivity index (χ2v) is 11.3. The molecule has 0 N–H and O–H groups in total. The summed E-state index contributed by atoms with van der Waals surface area (Å²) >= 11 is 3.46. The van der Waals surface area contributed by atoms with Crippen LogP contribution in [0, 0.1) is 11.3 Å². The minimum atomic E-state index is 0.143. The van der Waals surface area contributed by atoms with Gasteiger partial charge in [0.2, 0.25) is 0 Å². The molecule has 3 nitrogen and oxygen atoms in total. The van der Waals surface area contributed by atoms with E-state index in [0.717, 1.165) is 52.4 Å².